The van der Waals surface area contributed by atoms with Gasteiger partial charge in [-0.25, -0.2) is 4.79 Å². The first-order valence-corrected chi connectivity index (χ1v) is 4.79. The molecule has 0 aromatic heterocycles. The van der Waals surface area contributed by atoms with Crippen LogP contribution in [0.1, 0.15) is 6.92 Å². The minimum absolute atomic E-state index is 0.368. The van der Waals surface area contributed by atoms with Gasteiger partial charge in [-0.15, -0.1) is 0 Å². The molecule has 0 spiro atoms. The van der Waals surface area contributed by atoms with Crippen LogP contribution in [0.3, 0.4) is 0 Å². The predicted molar refractivity (Wildman–Crippen MR) is 58.1 cm³/mol. The number of nitrogens with one attached hydrogen (secondary N) is 1. The Bertz CT molecular complexity index is 364. The average molecular weight is 223 g/mol. The van der Waals surface area contributed by atoms with Gasteiger partial charge in [-0.2, -0.15) is 0 Å². The van der Waals surface area contributed by atoms with Crippen molar-refractivity contribution < 1.29 is 19.4 Å². The fourth-order valence-electron chi connectivity index (χ4n) is 1.04. The summed E-state index contributed by atoms with van der Waals surface area (Å²) in [6, 6.07) is 8.89. The number of benzene rings is 1. The van der Waals surface area contributed by atoms with Gasteiger partial charge in [0.1, 0.15) is 12.7 Å². The molecule has 5 heteroatoms. The summed E-state index contributed by atoms with van der Waals surface area (Å²) in [6.07, 6.45) is -0.795. The van der Waals surface area contributed by atoms with Crippen LogP contribution < -0.4 is 5.32 Å². The van der Waals surface area contributed by atoms with E-state index in [9.17, 15) is 9.59 Å². The zero-order valence-electron chi connectivity index (χ0n) is 8.84. The highest BCUT2D eigenvalue weighted by Gasteiger charge is 2.14. The summed E-state index contributed by atoms with van der Waals surface area (Å²) < 4.78 is 4.83. The predicted octanol–water partition coefficient (Wildman–Crippen LogP) is 1.11. The van der Waals surface area contributed by atoms with E-state index in [1.807, 2.05) is 6.07 Å². The monoisotopic (exact) mass is 223 g/mol. The van der Waals surface area contributed by atoms with Crippen molar-refractivity contribution in [2.75, 3.05) is 11.9 Å². The molecule has 0 aliphatic carbocycles. The van der Waals surface area contributed by atoms with E-state index in [4.69, 9.17) is 9.84 Å². The minimum Gasteiger partial charge on any atom is -0.480 e. The maximum atomic E-state index is 11.5. The van der Waals surface area contributed by atoms with Gasteiger partial charge in [0.25, 0.3) is 5.91 Å². The number of amides is 1. The lowest BCUT2D eigenvalue weighted by Gasteiger charge is -2.11. The number of ether oxygens (including phenoxy) is 1. The normalized spacial score (nSPS) is 11.8. The second-order valence-corrected chi connectivity index (χ2v) is 3.20. The fraction of sp³-hybridized carbons (Fsp3) is 0.273. The molecular formula is C11H13NO4. The van der Waals surface area contributed by atoms with E-state index in [1.165, 1.54) is 6.92 Å². The van der Waals surface area contributed by atoms with Gasteiger partial charge in [-0.1, -0.05) is 18.2 Å². The van der Waals surface area contributed by atoms with Crippen molar-refractivity contribution in [1.29, 1.82) is 0 Å². The zero-order chi connectivity index (χ0) is 12.0. The fourth-order valence-corrected chi connectivity index (χ4v) is 1.04. The van der Waals surface area contributed by atoms with Gasteiger partial charge in [0, 0.05) is 5.69 Å². The van der Waals surface area contributed by atoms with Crippen LogP contribution in [0, 0.1) is 0 Å². The molecule has 0 radical (unpaired) electrons. The molecule has 0 saturated carbocycles. The standard InChI is InChI=1S/C11H13NO4/c1-8(16-7-10(13)14)11(15)12-9-5-3-2-4-6-9/h2-6,8H,7H2,1H3,(H,12,15)(H,13,14). The quantitative estimate of drug-likeness (QED) is 0.784. The first-order chi connectivity index (χ1) is 7.59. The second-order valence-electron chi connectivity index (χ2n) is 3.20. The van der Waals surface area contributed by atoms with Crippen molar-refractivity contribution in [2.24, 2.45) is 0 Å². The molecule has 16 heavy (non-hydrogen) atoms. The van der Waals surface area contributed by atoms with Crippen LogP contribution in [0.2, 0.25) is 0 Å². The zero-order valence-corrected chi connectivity index (χ0v) is 8.84. The Labute approximate surface area is 93.0 Å². The molecule has 1 amide bonds. The summed E-state index contributed by atoms with van der Waals surface area (Å²) in [4.78, 5) is 21.7. The Morgan fingerprint density at radius 1 is 1.38 bits per heavy atom. The number of aliphatic carboxylic acids is 1. The van der Waals surface area contributed by atoms with Gasteiger partial charge in [0.2, 0.25) is 0 Å². The van der Waals surface area contributed by atoms with Crippen molar-refractivity contribution in [3.05, 3.63) is 30.3 Å². The van der Waals surface area contributed by atoms with E-state index in [-0.39, 0.29) is 5.91 Å². The summed E-state index contributed by atoms with van der Waals surface area (Å²) >= 11 is 0. The Morgan fingerprint density at radius 2 is 2.00 bits per heavy atom. The number of para-hydroxylation sites is 1. The van der Waals surface area contributed by atoms with Gasteiger partial charge in [0.15, 0.2) is 0 Å². The minimum atomic E-state index is -1.10. The van der Waals surface area contributed by atoms with Gasteiger partial charge in [-0.3, -0.25) is 4.79 Å². The Balaban J connectivity index is 2.43. The first-order valence-electron chi connectivity index (χ1n) is 4.79. The van der Waals surface area contributed by atoms with Crippen LogP contribution in [0.15, 0.2) is 30.3 Å². The molecule has 0 saturated heterocycles. The number of hydrogen-bond acceptors (Lipinski definition) is 3. The third-order valence-corrected chi connectivity index (χ3v) is 1.87. The SMILES string of the molecule is CC(OCC(=O)O)C(=O)Nc1ccccc1. The van der Waals surface area contributed by atoms with Crippen molar-refractivity contribution in [2.45, 2.75) is 13.0 Å². The molecule has 5 nitrogen and oxygen atoms in total. The third kappa shape index (κ3) is 4.10. The molecule has 0 aliphatic rings. The van der Waals surface area contributed by atoms with Crippen molar-refractivity contribution >= 4 is 17.6 Å². The lowest BCUT2D eigenvalue weighted by atomic mass is 10.3. The topological polar surface area (TPSA) is 75.6 Å². The van der Waals surface area contributed by atoms with Crippen LogP contribution in [0.4, 0.5) is 5.69 Å². The second kappa shape index (κ2) is 5.87. The van der Waals surface area contributed by atoms with Crippen molar-refractivity contribution in [1.82, 2.24) is 0 Å². The summed E-state index contributed by atoms with van der Waals surface area (Å²) in [5, 5.41) is 11.0. The molecule has 0 bridgehead atoms. The molecule has 1 aromatic carbocycles. The molecule has 0 fully saturated rings. The summed E-state index contributed by atoms with van der Waals surface area (Å²) in [5.41, 5.74) is 0.651. The van der Waals surface area contributed by atoms with Crippen molar-refractivity contribution in [3.8, 4) is 0 Å². The highest BCUT2D eigenvalue weighted by atomic mass is 16.5. The summed E-state index contributed by atoms with van der Waals surface area (Å²) in [5.74, 6) is -1.47. The molecule has 2 N–H and O–H groups in total. The maximum absolute atomic E-state index is 11.5. The largest absolute Gasteiger partial charge is 0.480 e. The lowest BCUT2D eigenvalue weighted by Crippen LogP contribution is -2.29. The Hall–Kier alpha value is -1.88. The number of carbonyl (C=O) groups excluding carboxylic acids is 1. The van der Waals surface area contributed by atoms with E-state index < -0.39 is 18.7 Å². The van der Waals surface area contributed by atoms with Gasteiger partial charge in [-0.05, 0) is 19.1 Å². The van der Waals surface area contributed by atoms with Crippen LogP contribution in [-0.4, -0.2) is 29.7 Å². The molecule has 0 heterocycles. The smallest absolute Gasteiger partial charge is 0.329 e. The summed E-state index contributed by atoms with van der Waals surface area (Å²) in [6.45, 7) is 1.02. The first kappa shape index (κ1) is 12.2. The van der Waals surface area contributed by atoms with Gasteiger partial charge < -0.3 is 15.2 Å². The Kier molecular flexibility index (Phi) is 4.47. The van der Waals surface area contributed by atoms with E-state index in [1.54, 1.807) is 24.3 Å². The van der Waals surface area contributed by atoms with E-state index >= 15 is 0 Å². The maximum Gasteiger partial charge on any atom is 0.329 e. The van der Waals surface area contributed by atoms with Crippen molar-refractivity contribution in [3.63, 3.8) is 0 Å². The summed E-state index contributed by atoms with van der Waals surface area (Å²) in [7, 11) is 0. The molecule has 1 aromatic rings. The molecule has 86 valence electrons. The number of rotatable bonds is 5. The van der Waals surface area contributed by atoms with Crippen LogP contribution >= 0.6 is 0 Å². The van der Waals surface area contributed by atoms with Crippen LogP contribution in [0.25, 0.3) is 0 Å². The van der Waals surface area contributed by atoms with Gasteiger partial charge in [0.05, 0.1) is 0 Å². The highest BCUT2D eigenvalue weighted by Crippen LogP contribution is 2.06. The third-order valence-electron chi connectivity index (χ3n) is 1.87. The number of hydrogen-bond donors (Lipinski definition) is 2. The Morgan fingerprint density at radius 3 is 2.56 bits per heavy atom. The molecular weight excluding hydrogens is 210 g/mol. The van der Waals surface area contributed by atoms with E-state index in [0.29, 0.717) is 5.69 Å². The number of anilines is 1. The molecule has 1 unspecified atom stereocenters. The van der Waals surface area contributed by atoms with E-state index in [2.05, 4.69) is 5.32 Å². The molecule has 0 aliphatic heterocycles. The lowest BCUT2D eigenvalue weighted by molar-refractivity contribution is -0.146. The van der Waals surface area contributed by atoms with Gasteiger partial charge >= 0.3 is 5.97 Å². The molecule has 1 rings (SSSR count). The molecule has 1 atom stereocenters. The number of carboxylic acid groups (broad SMARTS) is 1. The average Bonchev–Trinajstić information content (AvgIpc) is 2.27. The highest BCUT2D eigenvalue weighted by molar-refractivity contribution is 5.93. The number of carbonyl (C=O) groups is 2. The number of carboxylic acids is 1. The van der Waals surface area contributed by atoms with Crippen LogP contribution in [-0.2, 0) is 14.3 Å². The van der Waals surface area contributed by atoms with Crippen LogP contribution in [0.5, 0.6) is 0 Å². The van der Waals surface area contributed by atoms with E-state index in [0.717, 1.165) is 0 Å².